The summed E-state index contributed by atoms with van der Waals surface area (Å²) < 4.78 is 28.4. The summed E-state index contributed by atoms with van der Waals surface area (Å²) >= 11 is 0. The van der Waals surface area contributed by atoms with E-state index in [2.05, 4.69) is 4.74 Å². The summed E-state index contributed by atoms with van der Waals surface area (Å²) in [5.41, 5.74) is -0.619. The van der Waals surface area contributed by atoms with Gasteiger partial charge in [-0.3, -0.25) is 14.9 Å². The lowest BCUT2D eigenvalue weighted by Crippen LogP contribution is -2.09. The number of carbonyl (C=O) groups is 1. The number of nitrogens with zero attached hydrogens (tertiary/aromatic N) is 1. The van der Waals surface area contributed by atoms with Crippen LogP contribution in [-0.2, 0) is 0 Å². The van der Waals surface area contributed by atoms with Gasteiger partial charge in [0.15, 0.2) is 5.78 Å². The van der Waals surface area contributed by atoms with E-state index >= 15 is 0 Å². The van der Waals surface area contributed by atoms with Gasteiger partial charge in [0.2, 0.25) is 0 Å². The quantitative estimate of drug-likeness (QED) is 0.464. The SMILES string of the molecule is CC(=O)c1c(OC(F)F)cc(C)cc1[N+](=O)[O-]. The standard InChI is InChI=1S/C10H9F2NO4/c1-5-3-7(13(15)16)9(6(2)14)8(4-5)17-10(11)12/h3-4,10H,1-2H3. The van der Waals surface area contributed by atoms with Crippen molar-refractivity contribution in [2.45, 2.75) is 20.5 Å². The van der Waals surface area contributed by atoms with Crippen LogP contribution in [0.3, 0.4) is 0 Å². The number of hydrogen-bond acceptors (Lipinski definition) is 4. The molecule has 0 heterocycles. The average molecular weight is 245 g/mol. The molecular weight excluding hydrogens is 236 g/mol. The van der Waals surface area contributed by atoms with Crippen LogP contribution in [0.5, 0.6) is 5.75 Å². The molecule has 0 unspecified atom stereocenters. The number of halogens is 2. The van der Waals surface area contributed by atoms with E-state index in [1.165, 1.54) is 6.92 Å². The Balaban J connectivity index is 3.46. The fraction of sp³-hybridized carbons (Fsp3) is 0.300. The Morgan fingerprint density at radius 1 is 1.47 bits per heavy atom. The van der Waals surface area contributed by atoms with Crippen LogP contribution in [0.25, 0.3) is 0 Å². The van der Waals surface area contributed by atoms with Crippen molar-refractivity contribution in [2.75, 3.05) is 0 Å². The molecule has 0 aliphatic rings. The predicted octanol–water partition coefficient (Wildman–Crippen LogP) is 2.71. The van der Waals surface area contributed by atoms with Gasteiger partial charge >= 0.3 is 6.61 Å². The second-order valence-electron chi connectivity index (χ2n) is 3.35. The van der Waals surface area contributed by atoms with Gasteiger partial charge in [-0.1, -0.05) is 0 Å². The zero-order valence-electron chi connectivity index (χ0n) is 9.07. The largest absolute Gasteiger partial charge is 0.434 e. The molecule has 0 N–H and O–H groups in total. The molecule has 92 valence electrons. The highest BCUT2D eigenvalue weighted by Crippen LogP contribution is 2.31. The Labute approximate surface area is 95.2 Å². The number of aryl methyl sites for hydroxylation is 1. The van der Waals surface area contributed by atoms with E-state index in [0.717, 1.165) is 19.1 Å². The Morgan fingerprint density at radius 3 is 2.47 bits per heavy atom. The topological polar surface area (TPSA) is 69.4 Å². The third kappa shape index (κ3) is 2.96. The van der Waals surface area contributed by atoms with Crippen molar-refractivity contribution < 1.29 is 23.2 Å². The van der Waals surface area contributed by atoms with Crippen molar-refractivity contribution in [3.05, 3.63) is 33.4 Å². The van der Waals surface area contributed by atoms with Gasteiger partial charge in [0.25, 0.3) is 5.69 Å². The minimum atomic E-state index is -3.14. The van der Waals surface area contributed by atoms with Crippen LogP contribution < -0.4 is 4.74 Å². The molecule has 0 saturated heterocycles. The van der Waals surface area contributed by atoms with E-state index in [4.69, 9.17) is 0 Å². The summed E-state index contributed by atoms with van der Waals surface area (Å²) in [6.45, 7) is -0.611. The second-order valence-corrected chi connectivity index (χ2v) is 3.35. The molecule has 0 aliphatic heterocycles. The zero-order chi connectivity index (χ0) is 13.2. The fourth-order valence-corrected chi connectivity index (χ4v) is 1.42. The number of nitro benzene ring substituents is 1. The molecule has 0 atom stereocenters. The van der Waals surface area contributed by atoms with Crippen molar-refractivity contribution >= 4 is 11.5 Å². The molecule has 17 heavy (non-hydrogen) atoms. The lowest BCUT2D eigenvalue weighted by atomic mass is 10.1. The molecule has 7 heteroatoms. The first-order chi connectivity index (χ1) is 7.82. The lowest BCUT2D eigenvalue weighted by Gasteiger charge is -2.10. The van der Waals surface area contributed by atoms with Gasteiger partial charge in [0.1, 0.15) is 11.3 Å². The predicted molar refractivity (Wildman–Crippen MR) is 54.5 cm³/mol. The fourth-order valence-electron chi connectivity index (χ4n) is 1.42. The average Bonchev–Trinajstić information content (AvgIpc) is 2.14. The summed E-state index contributed by atoms with van der Waals surface area (Å²) in [4.78, 5) is 21.2. The third-order valence-electron chi connectivity index (χ3n) is 1.99. The first-order valence-electron chi connectivity index (χ1n) is 4.57. The number of alkyl halides is 2. The molecule has 1 aromatic rings. The first kappa shape index (κ1) is 13.0. The minimum Gasteiger partial charge on any atom is -0.434 e. The number of rotatable bonds is 4. The molecule has 0 fully saturated rings. The van der Waals surface area contributed by atoms with Crippen molar-refractivity contribution in [3.63, 3.8) is 0 Å². The summed E-state index contributed by atoms with van der Waals surface area (Å²) in [7, 11) is 0. The Bertz CT molecular complexity index is 474. The molecule has 0 bridgehead atoms. The maximum atomic E-state index is 12.1. The highest BCUT2D eigenvalue weighted by molar-refractivity contribution is 6.01. The monoisotopic (exact) mass is 245 g/mol. The van der Waals surface area contributed by atoms with Gasteiger partial charge in [0, 0.05) is 6.07 Å². The van der Waals surface area contributed by atoms with Gasteiger partial charge in [-0.25, -0.2) is 0 Å². The van der Waals surface area contributed by atoms with Crippen LogP contribution in [-0.4, -0.2) is 17.3 Å². The molecule has 0 radical (unpaired) electrons. The van der Waals surface area contributed by atoms with Crippen LogP contribution in [0.15, 0.2) is 12.1 Å². The second kappa shape index (κ2) is 4.86. The van der Waals surface area contributed by atoms with Crippen molar-refractivity contribution in [2.24, 2.45) is 0 Å². The molecule has 0 aromatic heterocycles. The Kier molecular flexibility index (Phi) is 3.72. The number of hydrogen-bond donors (Lipinski definition) is 0. The number of Topliss-reactive ketones (excluding diaryl/α,β-unsaturated/α-hetero) is 1. The van der Waals surface area contributed by atoms with E-state index in [1.54, 1.807) is 0 Å². The number of carbonyl (C=O) groups excluding carboxylic acids is 1. The molecule has 0 saturated carbocycles. The zero-order valence-corrected chi connectivity index (χ0v) is 9.07. The number of ketones is 1. The van der Waals surface area contributed by atoms with E-state index in [9.17, 15) is 23.7 Å². The van der Waals surface area contributed by atoms with E-state index in [-0.39, 0.29) is 0 Å². The number of nitro groups is 1. The maximum absolute atomic E-state index is 12.1. The number of ether oxygens (including phenoxy) is 1. The molecule has 0 aliphatic carbocycles. The molecule has 5 nitrogen and oxygen atoms in total. The van der Waals surface area contributed by atoms with Gasteiger partial charge in [0.05, 0.1) is 4.92 Å². The van der Waals surface area contributed by atoms with Crippen molar-refractivity contribution in [1.82, 2.24) is 0 Å². The molecular formula is C10H9F2NO4. The van der Waals surface area contributed by atoms with Crippen molar-refractivity contribution in [1.29, 1.82) is 0 Å². The Morgan fingerprint density at radius 2 is 2.06 bits per heavy atom. The van der Waals surface area contributed by atoms with Gasteiger partial charge in [-0.2, -0.15) is 8.78 Å². The van der Waals surface area contributed by atoms with Gasteiger partial charge in [-0.15, -0.1) is 0 Å². The Hall–Kier alpha value is -2.05. The smallest absolute Gasteiger partial charge is 0.387 e. The number of benzene rings is 1. The van der Waals surface area contributed by atoms with E-state index < -0.39 is 34.3 Å². The van der Waals surface area contributed by atoms with Crippen LogP contribution in [0.2, 0.25) is 0 Å². The molecule has 1 aromatic carbocycles. The minimum absolute atomic E-state index is 0.359. The summed E-state index contributed by atoms with van der Waals surface area (Å²) in [6, 6.07) is 2.30. The summed E-state index contributed by atoms with van der Waals surface area (Å²) in [5, 5.41) is 10.7. The summed E-state index contributed by atoms with van der Waals surface area (Å²) in [6.07, 6.45) is 0. The van der Waals surface area contributed by atoms with Crippen LogP contribution >= 0.6 is 0 Å². The van der Waals surface area contributed by atoms with Crippen molar-refractivity contribution in [3.8, 4) is 5.75 Å². The van der Waals surface area contributed by atoms with Crippen LogP contribution in [0, 0.1) is 17.0 Å². The van der Waals surface area contributed by atoms with E-state index in [1.807, 2.05) is 0 Å². The molecule has 0 amide bonds. The highest BCUT2D eigenvalue weighted by atomic mass is 19.3. The van der Waals surface area contributed by atoms with Crippen LogP contribution in [0.4, 0.5) is 14.5 Å². The molecule has 0 spiro atoms. The normalized spacial score (nSPS) is 10.4. The summed E-state index contributed by atoms with van der Waals surface area (Å²) in [5.74, 6) is -1.17. The lowest BCUT2D eigenvalue weighted by molar-refractivity contribution is -0.385. The first-order valence-corrected chi connectivity index (χ1v) is 4.57. The van der Waals surface area contributed by atoms with Gasteiger partial charge in [-0.05, 0) is 25.5 Å². The maximum Gasteiger partial charge on any atom is 0.387 e. The van der Waals surface area contributed by atoms with Crippen LogP contribution in [0.1, 0.15) is 22.8 Å². The third-order valence-corrected chi connectivity index (χ3v) is 1.99. The molecule has 1 rings (SSSR count). The van der Waals surface area contributed by atoms with Gasteiger partial charge < -0.3 is 4.74 Å². The van der Waals surface area contributed by atoms with E-state index in [0.29, 0.717) is 5.56 Å². The highest BCUT2D eigenvalue weighted by Gasteiger charge is 2.24.